The van der Waals surface area contributed by atoms with Gasteiger partial charge in [-0.05, 0) is 89.5 Å². The molecule has 0 radical (unpaired) electrons. The van der Waals surface area contributed by atoms with Crippen molar-refractivity contribution in [2.75, 3.05) is 26.4 Å². The van der Waals surface area contributed by atoms with E-state index >= 15 is 0 Å². The van der Waals surface area contributed by atoms with Crippen molar-refractivity contribution in [2.45, 2.75) is 161 Å². The largest absolute Gasteiger partial charge is 0.472 e. The molecule has 364 valence electrons. The SMILES string of the molecule is CCCCC/C=C\C/C=C\C/C=C\C=C\C(=O)CCCC(=O)OC[C@H](COP(=O)(O)OC[C@@H](O)COP(=O)(O)O)OC(=O)CCCCC/C=C\C/C=C\C/C=C\C/C=C\CCCCC. The lowest BCUT2D eigenvalue weighted by atomic mass is 10.1. The van der Waals surface area contributed by atoms with Crippen LogP contribution in [-0.2, 0) is 46.6 Å². The third kappa shape index (κ3) is 45.3. The molecule has 14 nitrogen and oxygen atoms in total. The van der Waals surface area contributed by atoms with Crippen LogP contribution >= 0.6 is 15.6 Å². The number of rotatable bonds is 42. The Hall–Kier alpha value is -3.29. The summed E-state index contributed by atoms with van der Waals surface area (Å²) in [6, 6.07) is 0. The second kappa shape index (κ2) is 42.4. The van der Waals surface area contributed by atoms with E-state index in [1.165, 1.54) is 44.6 Å². The molecule has 0 spiro atoms. The summed E-state index contributed by atoms with van der Waals surface area (Å²) in [5, 5.41) is 9.75. The van der Waals surface area contributed by atoms with Gasteiger partial charge in [-0.1, -0.05) is 137 Å². The smallest absolute Gasteiger partial charge is 0.462 e. The first-order valence-corrected chi connectivity index (χ1v) is 25.9. The summed E-state index contributed by atoms with van der Waals surface area (Å²) in [4.78, 5) is 65.0. The number of aliphatic hydroxyl groups excluding tert-OH is 1. The van der Waals surface area contributed by atoms with Crippen LogP contribution in [0.2, 0.25) is 0 Å². The number of allylic oxidation sites excluding steroid dienone is 16. The van der Waals surface area contributed by atoms with Crippen LogP contribution in [0.3, 0.4) is 0 Å². The molecule has 0 saturated carbocycles. The van der Waals surface area contributed by atoms with Crippen LogP contribution in [0.15, 0.2) is 97.2 Å². The molecule has 0 aromatic rings. The summed E-state index contributed by atoms with van der Waals surface area (Å²) in [6.45, 7) is 1.38. The van der Waals surface area contributed by atoms with Crippen molar-refractivity contribution in [1.29, 1.82) is 0 Å². The molecule has 0 heterocycles. The van der Waals surface area contributed by atoms with Crippen molar-refractivity contribution in [3.63, 3.8) is 0 Å². The minimum absolute atomic E-state index is 0.0382. The van der Waals surface area contributed by atoms with Crippen LogP contribution in [0.5, 0.6) is 0 Å². The summed E-state index contributed by atoms with van der Waals surface area (Å²) in [6.07, 6.45) is 46.9. The van der Waals surface area contributed by atoms with Gasteiger partial charge >= 0.3 is 27.6 Å². The van der Waals surface area contributed by atoms with E-state index < -0.39 is 66.2 Å². The third-order valence-electron chi connectivity index (χ3n) is 8.91. The fraction of sp³-hybridized carbons (Fsp3) is 0.604. The van der Waals surface area contributed by atoms with Crippen LogP contribution in [0.1, 0.15) is 149 Å². The van der Waals surface area contributed by atoms with E-state index in [1.807, 2.05) is 6.08 Å². The molecule has 4 N–H and O–H groups in total. The molecule has 0 rings (SSSR count). The highest BCUT2D eigenvalue weighted by Crippen LogP contribution is 2.43. The maximum Gasteiger partial charge on any atom is 0.472 e. The lowest BCUT2D eigenvalue weighted by Gasteiger charge is -2.20. The van der Waals surface area contributed by atoms with Gasteiger partial charge in [0.05, 0.1) is 19.8 Å². The van der Waals surface area contributed by atoms with E-state index in [0.717, 1.165) is 64.2 Å². The van der Waals surface area contributed by atoms with Crippen molar-refractivity contribution < 1.29 is 66.3 Å². The summed E-state index contributed by atoms with van der Waals surface area (Å²) in [5.41, 5.74) is 0. The zero-order valence-electron chi connectivity index (χ0n) is 38.3. The molecule has 0 aromatic heterocycles. The predicted molar refractivity (Wildman–Crippen MR) is 253 cm³/mol. The topological polar surface area (TPSA) is 212 Å². The van der Waals surface area contributed by atoms with E-state index in [1.54, 1.807) is 12.2 Å². The number of hydrogen-bond acceptors (Lipinski definition) is 11. The number of esters is 2. The van der Waals surface area contributed by atoms with Crippen LogP contribution < -0.4 is 0 Å². The summed E-state index contributed by atoms with van der Waals surface area (Å²) < 4.78 is 47.6. The monoisotopic (exact) mass is 940 g/mol. The van der Waals surface area contributed by atoms with Crippen molar-refractivity contribution in [2.24, 2.45) is 0 Å². The Morgan fingerprint density at radius 1 is 0.500 bits per heavy atom. The second-order valence-electron chi connectivity index (χ2n) is 15.0. The number of hydrogen-bond donors (Lipinski definition) is 4. The van der Waals surface area contributed by atoms with E-state index in [4.69, 9.17) is 23.8 Å². The first-order valence-electron chi connectivity index (χ1n) is 22.9. The second-order valence-corrected chi connectivity index (χ2v) is 17.7. The molecule has 0 aromatic carbocycles. The van der Waals surface area contributed by atoms with Crippen LogP contribution in [0, 0.1) is 0 Å². The van der Waals surface area contributed by atoms with Gasteiger partial charge in [0.25, 0.3) is 0 Å². The van der Waals surface area contributed by atoms with Crippen molar-refractivity contribution in [3.05, 3.63) is 97.2 Å². The van der Waals surface area contributed by atoms with Gasteiger partial charge in [-0.25, -0.2) is 9.13 Å². The molecule has 0 bridgehead atoms. The van der Waals surface area contributed by atoms with Crippen molar-refractivity contribution in [3.8, 4) is 0 Å². The Balaban J connectivity index is 4.76. The van der Waals surface area contributed by atoms with Gasteiger partial charge in [0.15, 0.2) is 11.9 Å². The Morgan fingerprint density at radius 2 is 0.969 bits per heavy atom. The fourth-order valence-electron chi connectivity index (χ4n) is 5.40. The van der Waals surface area contributed by atoms with E-state index in [0.29, 0.717) is 6.42 Å². The van der Waals surface area contributed by atoms with Crippen molar-refractivity contribution >= 4 is 33.4 Å². The minimum atomic E-state index is -4.90. The Labute approximate surface area is 383 Å². The maximum atomic E-state index is 12.7. The Bertz CT molecular complexity index is 1560. The molecule has 0 amide bonds. The van der Waals surface area contributed by atoms with Crippen LogP contribution in [0.25, 0.3) is 0 Å². The average Bonchev–Trinajstić information content (AvgIpc) is 3.25. The fourth-order valence-corrected chi connectivity index (χ4v) is 6.56. The number of phosphoric ester groups is 2. The number of ether oxygens (including phenoxy) is 2. The van der Waals surface area contributed by atoms with Crippen LogP contribution in [0.4, 0.5) is 0 Å². The van der Waals surface area contributed by atoms with Crippen LogP contribution in [-0.4, -0.2) is 76.1 Å². The number of unbranched alkanes of at least 4 members (excludes halogenated alkanes) is 9. The Morgan fingerprint density at radius 3 is 1.50 bits per heavy atom. The zero-order chi connectivity index (χ0) is 47.4. The normalized spacial score (nSPS) is 14.7. The van der Waals surface area contributed by atoms with Gasteiger partial charge in [0.1, 0.15) is 12.7 Å². The summed E-state index contributed by atoms with van der Waals surface area (Å²) in [7, 11) is -9.78. The lowest BCUT2D eigenvalue weighted by Crippen LogP contribution is -2.30. The molecule has 0 saturated heterocycles. The third-order valence-corrected chi connectivity index (χ3v) is 10.3. The zero-order valence-corrected chi connectivity index (χ0v) is 40.1. The Kier molecular flexibility index (Phi) is 40.2. The molecule has 0 fully saturated rings. The highest BCUT2D eigenvalue weighted by molar-refractivity contribution is 7.47. The number of phosphoric acid groups is 2. The summed E-state index contributed by atoms with van der Waals surface area (Å²) in [5.74, 6) is -1.50. The molecule has 64 heavy (non-hydrogen) atoms. The van der Waals surface area contributed by atoms with E-state index in [9.17, 15) is 33.5 Å². The number of aliphatic hydroxyl groups is 1. The van der Waals surface area contributed by atoms with Gasteiger partial charge in [-0.3, -0.25) is 28.0 Å². The molecular formula is C48H78O14P2. The molecule has 0 aliphatic carbocycles. The van der Waals surface area contributed by atoms with Gasteiger partial charge in [0.2, 0.25) is 0 Å². The van der Waals surface area contributed by atoms with Gasteiger partial charge in [0, 0.05) is 19.3 Å². The number of ketones is 1. The number of carbonyl (C=O) groups excluding carboxylic acids is 3. The first kappa shape index (κ1) is 60.7. The van der Waals surface area contributed by atoms with Gasteiger partial charge < -0.3 is 29.3 Å². The first-order chi connectivity index (χ1) is 30.8. The molecule has 0 aliphatic rings. The summed E-state index contributed by atoms with van der Waals surface area (Å²) >= 11 is 0. The standard InChI is InChI=1S/C48H78O14P2/c1-3-5-7-9-11-13-15-17-18-19-20-21-22-24-26-28-30-32-34-38-48(52)62-46(43-61-64(56,57)60-41-45(50)40-59-63(53,54)55)42-58-47(51)39-35-37-44(49)36-33-31-29-27-25-23-16-14-12-10-8-6-4-2/h11-14,17-18,20-21,23-26,29,31,33,36,45-46,50H,3-10,15-16,19,22,27-28,30,32,34-35,37-43H2,1-2H3,(H,56,57)(H2,53,54,55)/b13-11-,14-12-,18-17-,21-20-,25-23-,26-24-,31-29-,36-33+/t45-,46+/m0/s1. The minimum Gasteiger partial charge on any atom is -0.462 e. The predicted octanol–water partition coefficient (Wildman–Crippen LogP) is 11.3. The maximum absolute atomic E-state index is 12.7. The van der Waals surface area contributed by atoms with Gasteiger partial charge in [-0.2, -0.15) is 0 Å². The molecule has 0 aliphatic heterocycles. The molecule has 1 unspecified atom stereocenters. The van der Waals surface area contributed by atoms with E-state index in [2.05, 4.69) is 95.8 Å². The highest BCUT2D eigenvalue weighted by atomic mass is 31.2. The van der Waals surface area contributed by atoms with Gasteiger partial charge in [-0.15, -0.1) is 0 Å². The number of carbonyl (C=O) groups is 3. The van der Waals surface area contributed by atoms with Crippen molar-refractivity contribution in [1.82, 2.24) is 0 Å². The molecular weight excluding hydrogens is 862 g/mol. The molecule has 3 atom stereocenters. The quantitative estimate of drug-likeness (QED) is 0.0112. The lowest BCUT2D eigenvalue weighted by molar-refractivity contribution is -0.161. The molecule has 16 heteroatoms. The average molecular weight is 941 g/mol. The highest BCUT2D eigenvalue weighted by Gasteiger charge is 2.28. The van der Waals surface area contributed by atoms with E-state index in [-0.39, 0.29) is 31.5 Å².